The van der Waals surface area contributed by atoms with Gasteiger partial charge in [0.1, 0.15) is 0 Å². The van der Waals surface area contributed by atoms with E-state index in [1.807, 2.05) is 0 Å². The van der Waals surface area contributed by atoms with Gasteiger partial charge in [0.05, 0.1) is 0 Å². The predicted molar refractivity (Wildman–Crippen MR) is 97.7 cm³/mol. The lowest BCUT2D eigenvalue weighted by atomic mass is 9.97. The fourth-order valence-electron chi connectivity index (χ4n) is 3.33. The Labute approximate surface area is 140 Å². The highest BCUT2D eigenvalue weighted by Gasteiger charge is 2.07. The van der Waals surface area contributed by atoms with Gasteiger partial charge >= 0.3 is 0 Å². The van der Waals surface area contributed by atoms with Crippen LogP contribution in [0.1, 0.15) is 44.6 Å². The second-order valence-corrected chi connectivity index (χ2v) is 5.99. The Hall–Kier alpha value is -1.25. The van der Waals surface area contributed by atoms with E-state index in [0.717, 1.165) is 19.6 Å². The van der Waals surface area contributed by atoms with Crippen LogP contribution in [-0.2, 0) is 13.1 Å². The van der Waals surface area contributed by atoms with Crippen LogP contribution >= 0.6 is 12.4 Å². The van der Waals surface area contributed by atoms with Gasteiger partial charge in [0, 0.05) is 30.2 Å². The van der Waals surface area contributed by atoms with E-state index in [2.05, 4.69) is 53.3 Å². The molecule has 1 aromatic carbocycles. The van der Waals surface area contributed by atoms with Crippen molar-refractivity contribution in [2.24, 2.45) is 0 Å². The first kappa shape index (κ1) is 17.1. The molecule has 3 heteroatoms. The van der Waals surface area contributed by atoms with E-state index in [9.17, 15) is 0 Å². The predicted octanol–water partition coefficient (Wildman–Crippen LogP) is 5.06. The number of benzene rings is 1. The highest BCUT2D eigenvalue weighted by Crippen LogP contribution is 2.22. The number of halogens is 1. The first-order chi connectivity index (χ1) is 10.4. The van der Waals surface area contributed by atoms with Gasteiger partial charge in [0.2, 0.25) is 0 Å². The molecule has 0 atom stereocenters. The van der Waals surface area contributed by atoms with Crippen LogP contribution in [0.25, 0.3) is 10.9 Å². The summed E-state index contributed by atoms with van der Waals surface area (Å²) in [6.07, 6.45) is 11.3. The summed E-state index contributed by atoms with van der Waals surface area (Å²) in [7, 11) is 0. The van der Waals surface area contributed by atoms with Crippen molar-refractivity contribution in [2.75, 3.05) is 6.54 Å². The second kappa shape index (κ2) is 8.40. The SMILES string of the molecule is CCn1cc(CNCCC2=CCCCC2)c2ccccc21.Cl. The first-order valence-corrected chi connectivity index (χ1v) is 8.34. The minimum absolute atomic E-state index is 0. The largest absolute Gasteiger partial charge is 0.347 e. The van der Waals surface area contributed by atoms with Gasteiger partial charge in [0.15, 0.2) is 0 Å². The van der Waals surface area contributed by atoms with E-state index in [1.54, 1.807) is 5.57 Å². The van der Waals surface area contributed by atoms with E-state index in [-0.39, 0.29) is 12.4 Å². The molecular weight excluding hydrogens is 292 g/mol. The second-order valence-electron chi connectivity index (χ2n) is 5.99. The van der Waals surface area contributed by atoms with Crippen LogP contribution in [-0.4, -0.2) is 11.1 Å². The van der Waals surface area contributed by atoms with Gasteiger partial charge in [-0.05, 0) is 57.2 Å². The Bertz CT molecular complexity index is 627. The van der Waals surface area contributed by atoms with Crippen molar-refractivity contribution in [1.82, 2.24) is 9.88 Å². The third kappa shape index (κ3) is 3.93. The van der Waals surface area contributed by atoms with Gasteiger partial charge in [-0.2, -0.15) is 0 Å². The van der Waals surface area contributed by atoms with Crippen LogP contribution in [0, 0.1) is 0 Å². The zero-order valence-corrected chi connectivity index (χ0v) is 14.3. The van der Waals surface area contributed by atoms with Crippen LogP contribution in [0.2, 0.25) is 0 Å². The summed E-state index contributed by atoms with van der Waals surface area (Å²) in [4.78, 5) is 0. The average Bonchev–Trinajstić information content (AvgIpc) is 2.91. The van der Waals surface area contributed by atoms with E-state index < -0.39 is 0 Å². The van der Waals surface area contributed by atoms with Crippen LogP contribution in [0.3, 0.4) is 0 Å². The summed E-state index contributed by atoms with van der Waals surface area (Å²) >= 11 is 0. The van der Waals surface area contributed by atoms with Crippen LogP contribution < -0.4 is 5.32 Å². The van der Waals surface area contributed by atoms with Gasteiger partial charge in [0.25, 0.3) is 0 Å². The molecule has 1 heterocycles. The minimum Gasteiger partial charge on any atom is -0.347 e. The number of rotatable bonds is 6. The lowest BCUT2D eigenvalue weighted by Gasteiger charge is -2.12. The van der Waals surface area contributed by atoms with Crippen molar-refractivity contribution < 1.29 is 0 Å². The maximum atomic E-state index is 3.62. The highest BCUT2D eigenvalue weighted by atomic mass is 35.5. The average molecular weight is 319 g/mol. The molecule has 0 fully saturated rings. The lowest BCUT2D eigenvalue weighted by molar-refractivity contribution is 0.632. The summed E-state index contributed by atoms with van der Waals surface area (Å²) in [6, 6.07) is 8.72. The zero-order valence-electron chi connectivity index (χ0n) is 13.5. The Morgan fingerprint density at radius 1 is 1.18 bits per heavy atom. The topological polar surface area (TPSA) is 17.0 Å². The normalized spacial score (nSPS) is 14.7. The summed E-state index contributed by atoms with van der Waals surface area (Å²) < 4.78 is 2.34. The number of para-hydroxylation sites is 1. The van der Waals surface area contributed by atoms with Crippen molar-refractivity contribution in [3.63, 3.8) is 0 Å². The molecule has 0 bridgehead atoms. The molecular formula is C19H27ClN2. The number of aryl methyl sites for hydroxylation is 1. The lowest BCUT2D eigenvalue weighted by Crippen LogP contribution is -2.15. The van der Waals surface area contributed by atoms with Gasteiger partial charge < -0.3 is 9.88 Å². The van der Waals surface area contributed by atoms with Crippen molar-refractivity contribution >= 4 is 23.3 Å². The number of aromatic nitrogens is 1. The number of hydrogen-bond acceptors (Lipinski definition) is 1. The molecule has 0 radical (unpaired) electrons. The van der Waals surface area contributed by atoms with Crippen molar-refractivity contribution in [1.29, 1.82) is 0 Å². The molecule has 1 aliphatic carbocycles. The Balaban J connectivity index is 0.00000176. The Morgan fingerprint density at radius 3 is 2.82 bits per heavy atom. The minimum atomic E-state index is 0. The van der Waals surface area contributed by atoms with Crippen LogP contribution in [0.15, 0.2) is 42.1 Å². The molecule has 0 aliphatic heterocycles. The summed E-state index contributed by atoms with van der Waals surface area (Å²) in [5, 5.41) is 5.02. The maximum Gasteiger partial charge on any atom is 0.0483 e. The molecule has 0 spiro atoms. The molecule has 2 aromatic rings. The van der Waals surface area contributed by atoms with E-state index in [4.69, 9.17) is 0 Å². The molecule has 1 aromatic heterocycles. The Kier molecular flexibility index (Phi) is 6.53. The third-order valence-electron chi connectivity index (χ3n) is 4.54. The molecule has 1 aliphatic rings. The third-order valence-corrected chi connectivity index (χ3v) is 4.54. The van der Waals surface area contributed by atoms with Gasteiger partial charge in [-0.15, -0.1) is 12.4 Å². The van der Waals surface area contributed by atoms with Crippen molar-refractivity contribution in [3.05, 3.63) is 47.7 Å². The molecule has 0 saturated carbocycles. The van der Waals surface area contributed by atoms with E-state index in [0.29, 0.717) is 0 Å². The Morgan fingerprint density at radius 2 is 2.05 bits per heavy atom. The van der Waals surface area contributed by atoms with Crippen LogP contribution in [0.4, 0.5) is 0 Å². The molecule has 22 heavy (non-hydrogen) atoms. The van der Waals surface area contributed by atoms with Crippen molar-refractivity contribution in [2.45, 2.75) is 52.1 Å². The first-order valence-electron chi connectivity index (χ1n) is 8.34. The molecule has 120 valence electrons. The van der Waals surface area contributed by atoms with Gasteiger partial charge in [-0.3, -0.25) is 0 Å². The van der Waals surface area contributed by atoms with E-state index in [1.165, 1.54) is 48.6 Å². The monoisotopic (exact) mass is 318 g/mol. The quantitative estimate of drug-likeness (QED) is 0.581. The smallest absolute Gasteiger partial charge is 0.0483 e. The standard InChI is InChI=1S/C19H26N2.ClH/c1-2-21-15-17(18-10-6-7-11-19(18)21)14-20-13-12-16-8-4-3-5-9-16;/h6-8,10-11,15,20H,2-5,9,12-14H2,1H3;1H. The molecule has 0 amide bonds. The van der Waals surface area contributed by atoms with Crippen LogP contribution in [0.5, 0.6) is 0 Å². The molecule has 0 saturated heterocycles. The zero-order chi connectivity index (χ0) is 14.5. The number of allylic oxidation sites excluding steroid dienone is 1. The van der Waals surface area contributed by atoms with Gasteiger partial charge in [-0.1, -0.05) is 29.8 Å². The number of hydrogen-bond donors (Lipinski definition) is 1. The van der Waals surface area contributed by atoms with Crippen molar-refractivity contribution in [3.8, 4) is 0 Å². The molecule has 1 N–H and O–H groups in total. The van der Waals surface area contributed by atoms with Gasteiger partial charge in [-0.25, -0.2) is 0 Å². The summed E-state index contributed by atoms with van der Waals surface area (Å²) in [5.74, 6) is 0. The summed E-state index contributed by atoms with van der Waals surface area (Å²) in [6.45, 7) is 5.31. The maximum absolute atomic E-state index is 3.62. The molecule has 2 nitrogen and oxygen atoms in total. The number of nitrogens with one attached hydrogen (secondary N) is 1. The fourth-order valence-corrected chi connectivity index (χ4v) is 3.33. The van der Waals surface area contributed by atoms with E-state index >= 15 is 0 Å². The molecule has 0 unspecified atom stereocenters. The summed E-state index contributed by atoms with van der Waals surface area (Å²) in [5.41, 5.74) is 4.43. The molecule has 3 rings (SSSR count). The number of nitrogens with zero attached hydrogens (tertiary/aromatic N) is 1. The number of fused-ring (bicyclic) bond motifs is 1. The highest BCUT2D eigenvalue weighted by molar-refractivity contribution is 5.85. The fraction of sp³-hybridized carbons (Fsp3) is 0.474.